The first-order chi connectivity index (χ1) is 7.50. The third kappa shape index (κ3) is 6.54. The Labute approximate surface area is 120 Å². The number of ketones is 1. The van der Waals surface area contributed by atoms with Crippen LogP contribution in [0.2, 0.25) is 0 Å². The number of nitrogens with two attached hydrogens (primary N) is 2. The first-order valence-electron chi connectivity index (χ1n) is 4.75. The van der Waals surface area contributed by atoms with Crippen molar-refractivity contribution in [2.24, 2.45) is 11.5 Å². The van der Waals surface area contributed by atoms with Gasteiger partial charge in [-0.2, -0.15) is 0 Å². The number of imidazole rings is 1. The van der Waals surface area contributed by atoms with Crippen LogP contribution in [0.15, 0.2) is 12.5 Å². The molecule has 7 nitrogen and oxygen atoms in total. The molecule has 1 aromatic heterocycles. The van der Waals surface area contributed by atoms with Gasteiger partial charge < -0.3 is 21.6 Å². The summed E-state index contributed by atoms with van der Waals surface area (Å²) in [5.74, 6) is -0.807. The first kappa shape index (κ1) is 16.3. The molecule has 2 rings (SSSR count). The molecule has 6 N–H and O–H groups in total. The Balaban J connectivity index is 0.000000360. The van der Waals surface area contributed by atoms with Gasteiger partial charge in [0.05, 0.1) is 18.1 Å². The Hall–Kier alpha value is -0.730. The van der Waals surface area contributed by atoms with Gasteiger partial charge in [-0.1, -0.05) is 0 Å². The van der Waals surface area contributed by atoms with Gasteiger partial charge in [-0.05, 0) is 0 Å². The minimum atomic E-state index is -1.01. The van der Waals surface area contributed by atoms with E-state index in [-0.39, 0.29) is 47.8 Å². The van der Waals surface area contributed by atoms with Gasteiger partial charge in [0, 0.05) is 19.0 Å². The molecule has 17 heavy (non-hydrogen) atoms. The molecule has 1 aromatic rings. The third-order valence-electron chi connectivity index (χ3n) is 1.98. The number of carboxylic acid groups (broad SMARTS) is 1. The van der Waals surface area contributed by atoms with Gasteiger partial charge in [0.25, 0.3) is 0 Å². The zero-order chi connectivity index (χ0) is 12.1. The Morgan fingerprint density at radius 3 is 2.53 bits per heavy atom. The topological polar surface area (TPSA) is 135 Å². The summed E-state index contributed by atoms with van der Waals surface area (Å²) in [5, 5.41) is 8.42. The molecule has 0 radical (unpaired) electrons. The van der Waals surface area contributed by atoms with Crippen molar-refractivity contribution in [3.63, 3.8) is 0 Å². The molecule has 0 aromatic carbocycles. The van der Waals surface area contributed by atoms with E-state index in [0.717, 1.165) is 0 Å². The van der Waals surface area contributed by atoms with Gasteiger partial charge in [0.2, 0.25) is 0 Å². The summed E-state index contributed by atoms with van der Waals surface area (Å²) < 4.78 is 0. The Bertz CT molecular complexity index is 368. The second-order valence-corrected chi connectivity index (χ2v) is 3.49. The first-order valence-corrected chi connectivity index (χ1v) is 4.75. The molecule has 0 spiro atoms. The molecule has 1 aliphatic carbocycles. The number of carboxylic acids is 1. The van der Waals surface area contributed by atoms with E-state index < -0.39 is 12.0 Å². The van der Waals surface area contributed by atoms with Crippen LogP contribution >= 0.6 is 0 Å². The van der Waals surface area contributed by atoms with Gasteiger partial charge >= 0.3 is 35.5 Å². The van der Waals surface area contributed by atoms with Crippen molar-refractivity contribution in [1.29, 1.82) is 0 Å². The van der Waals surface area contributed by atoms with Gasteiger partial charge in [0.1, 0.15) is 6.04 Å². The summed E-state index contributed by atoms with van der Waals surface area (Å²) >= 11 is 0. The Morgan fingerprint density at radius 1 is 1.71 bits per heavy atom. The van der Waals surface area contributed by atoms with Gasteiger partial charge in [-0.15, -0.1) is 0 Å². The molecule has 8 heteroatoms. The number of hydrogen-bond acceptors (Lipinski definition) is 5. The quantitative estimate of drug-likeness (QED) is 0.458. The molecule has 2 atom stereocenters. The van der Waals surface area contributed by atoms with Crippen LogP contribution in [-0.4, -0.2) is 68.5 Å². The third-order valence-corrected chi connectivity index (χ3v) is 1.98. The molecular weight excluding hydrogens is 235 g/mol. The fourth-order valence-electron chi connectivity index (χ4n) is 0.873. The van der Waals surface area contributed by atoms with Crippen LogP contribution in [-0.2, 0) is 16.0 Å². The van der Waals surface area contributed by atoms with Crippen LogP contribution < -0.4 is 11.5 Å². The van der Waals surface area contributed by atoms with Crippen LogP contribution in [0.1, 0.15) is 12.1 Å². The summed E-state index contributed by atoms with van der Waals surface area (Å²) in [6.45, 7) is 0. The monoisotopic (exact) mass is 250 g/mol. The molecule has 1 aliphatic rings. The summed E-state index contributed by atoms with van der Waals surface area (Å²) in [5.41, 5.74) is 10.9. The van der Waals surface area contributed by atoms with Gasteiger partial charge in [-0.25, -0.2) is 4.98 Å². The summed E-state index contributed by atoms with van der Waals surface area (Å²) in [6, 6.07) is -0.951. The number of hydrogen-bond donors (Lipinski definition) is 4. The van der Waals surface area contributed by atoms with Crippen molar-refractivity contribution in [3.8, 4) is 0 Å². The molecule has 0 aliphatic heterocycles. The Kier molecular flexibility index (Phi) is 7.24. The van der Waals surface area contributed by atoms with E-state index in [9.17, 15) is 9.59 Å². The standard InChI is InChI=1S/C6H9N3O2.C3H5NO.Na.H/c7-5(6(10)11)1-4-2-8-3-9-4;4-2-1-3(2)5;;/h2-3,5H,1,7H2,(H,8,9)(H,10,11);2H,1,4H2;;/t5-;;;/m0.../s1. The molecular formula is C9H15N4NaO3. The number of Topliss-reactive ketones (excluding diaryl/α,β-unsaturated/α-hetero) is 1. The van der Waals surface area contributed by atoms with E-state index >= 15 is 0 Å². The number of carbonyl (C=O) groups excluding carboxylic acids is 1. The van der Waals surface area contributed by atoms with Gasteiger partial charge in [0.15, 0.2) is 5.78 Å². The zero-order valence-electron chi connectivity index (χ0n) is 8.59. The van der Waals surface area contributed by atoms with Crippen LogP contribution in [0.25, 0.3) is 0 Å². The van der Waals surface area contributed by atoms with Gasteiger partial charge in [-0.3, -0.25) is 9.59 Å². The van der Waals surface area contributed by atoms with Crippen LogP contribution in [0, 0.1) is 0 Å². The van der Waals surface area contributed by atoms with E-state index in [2.05, 4.69) is 9.97 Å². The number of rotatable bonds is 3. The molecule has 1 fully saturated rings. The van der Waals surface area contributed by atoms with Crippen molar-refractivity contribution in [2.45, 2.75) is 24.9 Å². The van der Waals surface area contributed by atoms with Crippen molar-refractivity contribution >= 4 is 41.3 Å². The molecule has 0 saturated heterocycles. The minimum absolute atomic E-state index is 0. The summed E-state index contributed by atoms with van der Waals surface area (Å²) in [7, 11) is 0. The summed E-state index contributed by atoms with van der Waals surface area (Å²) in [4.78, 5) is 26.6. The fraction of sp³-hybridized carbons (Fsp3) is 0.444. The second-order valence-electron chi connectivity index (χ2n) is 3.49. The van der Waals surface area contributed by atoms with E-state index in [1.807, 2.05) is 0 Å². The fourth-order valence-corrected chi connectivity index (χ4v) is 0.873. The SMILES string of the molecule is NC1CC1=O.N[C@@H](Cc1c[nH]cn1)C(=O)O.[NaH]. The predicted molar refractivity (Wildman–Crippen MR) is 62.7 cm³/mol. The molecule has 0 bridgehead atoms. The van der Waals surface area contributed by atoms with Crippen molar-refractivity contribution in [2.75, 3.05) is 0 Å². The normalized spacial score (nSPS) is 18.5. The molecule has 1 saturated carbocycles. The maximum atomic E-state index is 10.3. The van der Waals surface area contributed by atoms with Crippen LogP contribution in [0.5, 0.6) is 0 Å². The number of H-pyrrole nitrogens is 1. The average molecular weight is 250 g/mol. The number of carbonyl (C=O) groups is 2. The van der Waals surface area contributed by atoms with E-state index in [0.29, 0.717) is 12.1 Å². The van der Waals surface area contributed by atoms with E-state index in [4.69, 9.17) is 16.6 Å². The van der Waals surface area contributed by atoms with Crippen molar-refractivity contribution in [3.05, 3.63) is 18.2 Å². The number of nitrogens with zero attached hydrogens (tertiary/aromatic N) is 1. The molecule has 1 heterocycles. The number of nitrogens with one attached hydrogen (secondary N) is 1. The Morgan fingerprint density at radius 2 is 2.24 bits per heavy atom. The van der Waals surface area contributed by atoms with E-state index in [1.54, 1.807) is 6.20 Å². The number of aromatic nitrogens is 2. The number of aliphatic carboxylic acids is 1. The molecule has 1 unspecified atom stereocenters. The van der Waals surface area contributed by atoms with Crippen molar-refractivity contribution in [1.82, 2.24) is 9.97 Å². The zero-order valence-corrected chi connectivity index (χ0v) is 8.59. The van der Waals surface area contributed by atoms with Crippen LogP contribution in [0.3, 0.4) is 0 Å². The predicted octanol–water partition coefficient (Wildman–Crippen LogP) is -2.00. The summed E-state index contributed by atoms with van der Waals surface area (Å²) in [6.07, 6.45) is 3.99. The van der Waals surface area contributed by atoms with Crippen LogP contribution in [0.4, 0.5) is 0 Å². The maximum absolute atomic E-state index is 10.3. The molecule has 0 amide bonds. The molecule has 90 valence electrons. The second kappa shape index (κ2) is 7.57. The van der Waals surface area contributed by atoms with Crippen molar-refractivity contribution < 1.29 is 14.7 Å². The average Bonchev–Trinajstić information content (AvgIpc) is 2.71. The van der Waals surface area contributed by atoms with E-state index in [1.165, 1.54) is 6.33 Å². The number of aromatic amines is 1.